The van der Waals surface area contributed by atoms with Gasteiger partial charge in [0.25, 0.3) is 5.56 Å². The van der Waals surface area contributed by atoms with Gasteiger partial charge in [0.1, 0.15) is 11.4 Å². The Morgan fingerprint density at radius 2 is 2.00 bits per heavy atom. The summed E-state index contributed by atoms with van der Waals surface area (Å²) in [5, 5.41) is 16.9. The maximum atomic E-state index is 12.0. The van der Waals surface area contributed by atoms with Gasteiger partial charge in [-0.05, 0) is 37.6 Å². The van der Waals surface area contributed by atoms with Gasteiger partial charge in [0.05, 0.1) is 5.69 Å². The molecule has 112 valence electrons. The molecule has 0 aliphatic carbocycles. The van der Waals surface area contributed by atoms with Gasteiger partial charge in [0.2, 0.25) is 0 Å². The van der Waals surface area contributed by atoms with Gasteiger partial charge in [-0.3, -0.25) is 4.79 Å². The molecule has 1 heterocycles. The highest BCUT2D eigenvalue weighted by Gasteiger charge is 2.08. The monoisotopic (exact) mass is 287 g/mol. The summed E-state index contributed by atoms with van der Waals surface area (Å²) < 4.78 is 1.32. The van der Waals surface area contributed by atoms with Crippen LogP contribution < -0.4 is 10.9 Å². The minimum absolute atomic E-state index is 0.0786. The Morgan fingerprint density at radius 1 is 1.29 bits per heavy atom. The first-order chi connectivity index (χ1) is 10.2. The van der Waals surface area contributed by atoms with Gasteiger partial charge in [0, 0.05) is 12.6 Å². The van der Waals surface area contributed by atoms with E-state index in [-0.39, 0.29) is 11.3 Å². The Morgan fingerprint density at radius 3 is 2.62 bits per heavy atom. The number of nitrogens with zero attached hydrogens (tertiary/aromatic N) is 2. The van der Waals surface area contributed by atoms with E-state index < -0.39 is 0 Å². The van der Waals surface area contributed by atoms with Crippen molar-refractivity contribution in [3.05, 3.63) is 51.9 Å². The smallest absolute Gasteiger partial charge is 0.275 e. The Kier molecular flexibility index (Phi) is 5.11. The van der Waals surface area contributed by atoms with Crippen LogP contribution in [0.2, 0.25) is 0 Å². The Labute approximate surface area is 124 Å². The van der Waals surface area contributed by atoms with Crippen LogP contribution in [0.25, 0.3) is 5.69 Å². The van der Waals surface area contributed by atoms with Gasteiger partial charge in [0.15, 0.2) is 0 Å². The van der Waals surface area contributed by atoms with E-state index >= 15 is 0 Å². The van der Waals surface area contributed by atoms with E-state index in [1.165, 1.54) is 16.3 Å². The molecule has 2 aromatic rings. The summed E-state index contributed by atoms with van der Waals surface area (Å²) in [6, 6.07) is 9.01. The van der Waals surface area contributed by atoms with Crippen LogP contribution in [0.4, 0.5) is 0 Å². The zero-order valence-electron chi connectivity index (χ0n) is 12.5. The third-order valence-corrected chi connectivity index (χ3v) is 3.33. The number of rotatable bonds is 6. The lowest BCUT2D eigenvalue weighted by Crippen LogP contribution is -2.23. The molecule has 21 heavy (non-hydrogen) atoms. The van der Waals surface area contributed by atoms with Gasteiger partial charge < -0.3 is 10.4 Å². The molecule has 0 atom stereocenters. The molecule has 0 saturated heterocycles. The number of hydrogen-bond acceptors (Lipinski definition) is 4. The number of aryl methyl sites for hydroxylation is 1. The van der Waals surface area contributed by atoms with Gasteiger partial charge in [-0.1, -0.05) is 25.5 Å². The van der Waals surface area contributed by atoms with Gasteiger partial charge in [-0.25, -0.2) is 0 Å². The average molecular weight is 287 g/mol. The molecule has 0 unspecified atom stereocenters. The van der Waals surface area contributed by atoms with Crippen LogP contribution in [0.3, 0.4) is 0 Å². The van der Waals surface area contributed by atoms with Crippen molar-refractivity contribution in [2.24, 2.45) is 0 Å². The molecule has 0 aliphatic rings. The predicted octanol–water partition coefficient (Wildman–Crippen LogP) is 2.00. The third-order valence-electron chi connectivity index (χ3n) is 3.33. The van der Waals surface area contributed by atoms with Gasteiger partial charge in [-0.15, -0.1) is 0 Å². The minimum atomic E-state index is -0.339. The molecule has 2 N–H and O–H groups in total. The van der Waals surface area contributed by atoms with Crippen molar-refractivity contribution >= 4 is 0 Å². The van der Waals surface area contributed by atoms with Crippen LogP contribution >= 0.6 is 0 Å². The van der Waals surface area contributed by atoms with Crippen LogP contribution in [0, 0.1) is 0 Å². The lowest BCUT2D eigenvalue weighted by atomic mass is 10.1. The largest absolute Gasteiger partial charge is 0.506 e. The van der Waals surface area contributed by atoms with Crippen LogP contribution in [-0.2, 0) is 13.0 Å². The maximum Gasteiger partial charge on any atom is 0.275 e. The lowest BCUT2D eigenvalue weighted by molar-refractivity contribution is 0.453. The van der Waals surface area contributed by atoms with E-state index in [1.807, 2.05) is 24.3 Å². The second kappa shape index (κ2) is 7.04. The van der Waals surface area contributed by atoms with Crippen LogP contribution in [0.15, 0.2) is 35.1 Å². The van der Waals surface area contributed by atoms with Crippen molar-refractivity contribution in [1.29, 1.82) is 0 Å². The third kappa shape index (κ3) is 3.70. The van der Waals surface area contributed by atoms with E-state index in [0.29, 0.717) is 17.9 Å². The Bertz CT molecular complexity index is 648. The van der Waals surface area contributed by atoms with Crippen LogP contribution in [-0.4, -0.2) is 21.9 Å². The molecule has 5 nitrogen and oxygen atoms in total. The van der Waals surface area contributed by atoms with Gasteiger partial charge >= 0.3 is 0 Å². The van der Waals surface area contributed by atoms with Crippen molar-refractivity contribution in [2.45, 2.75) is 32.7 Å². The predicted molar refractivity (Wildman–Crippen MR) is 82.9 cm³/mol. The van der Waals surface area contributed by atoms with E-state index in [1.54, 1.807) is 7.05 Å². The molecule has 1 aromatic carbocycles. The number of nitrogens with one attached hydrogen (secondary N) is 1. The quantitative estimate of drug-likeness (QED) is 0.853. The zero-order valence-corrected chi connectivity index (χ0v) is 12.5. The van der Waals surface area contributed by atoms with E-state index in [2.05, 4.69) is 17.3 Å². The number of benzene rings is 1. The molecule has 0 fully saturated rings. The minimum Gasteiger partial charge on any atom is -0.506 e. The molecule has 0 radical (unpaired) electrons. The van der Waals surface area contributed by atoms with Crippen LogP contribution in [0.5, 0.6) is 5.75 Å². The summed E-state index contributed by atoms with van der Waals surface area (Å²) >= 11 is 0. The topological polar surface area (TPSA) is 67.2 Å². The molecular weight excluding hydrogens is 266 g/mol. The first-order valence-corrected chi connectivity index (χ1v) is 7.22. The number of aromatic hydroxyl groups is 1. The molecular formula is C16H21N3O2. The molecule has 0 spiro atoms. The van der Waals surface area contributed by atoms with Gasteiger partial charge in [-0.2, -0.15) is 9.78 Å². The molecule has 5 heteroatoms. The van der Waals surface area contributed by atoms with Crippen molar-refractivity contribution in [2.75, 3.05) is 7.05 Å². The normalized spacial score (nSPS) is 10.8. The van der Waals surface area contributed by atoms with Crippen molar-refractivity contribution < 1.29 is 5.11 Å². The number of unbranched alkanes of at least 4 members (excludes halogenated alkanes) is 1. The first-order valence-electron chi connectivity index (χ1n) is 7.22. The average Bonchev–Trinajstić information content (AvgIpc) is 2.49. The zero-order chi connectivity index (χ0) is 15.2. The van der Waals surface area contributed by atoms with E-state index in [9.17, 15) is 9.90 Å². The lowest BCUT2D eigenvalue weighted by Gasteiger charge is -2.09. The number of aromatic nitrogens is 2. The summed E-state index contributed by atoms with van der Waals surface area (Å²) in [6.45, 7) is 2.57. The SMILES string of the molecule is CCCCc1ccc(-n2nc(CNC)c(O)cc2=O)cc1. The fraction of sp³-hybridized carbons (Fsp3) is 0.375. The Hall–Kier alpha value is -2.14. The standard InChI is InChI=1S/C16H21N3O2/c1-3-4-5-12-6-8-13(9-7-12)19-16(21)10-15(20)14(18-19)11-17-2/h6-10,17,20H,3-5,11H2,1-2H3. The molecule has 0 bridgehead atoms. The maximum absolute atomic E-state index is 12.0. The van der Waals surface area contributed by atoms with E-state index in [4.69, 9.17) is 0 Å². The van der Waals surface area contributed by atoms with Crippen molar-refractivity contribution in [1.82, 2.24) is 15.1 Å². The highest BCUT2D eigenvalue weighted by atomic mass is 16.3. The van der Waals surface area contributed by atoms with E-state index in [0.717, 1.165) is 19.3 Å². The highest BCUT2D eigenvalue weighted by Crippen LogP contribution is 2.13. The summed E-state index contributed by atoms with van der Waals surface area (Å²) in [5.74, 6) is -0.0786. The fourth-order valence-corrected chi connectivity index (χ4v) is 2.15. The Balaban J connectivity index is 2.32. The summed E-state index contributed by atoms with van der Waals surface area (Å²) in [7, 11) is 1.76. The second-order valence-electron chi connectivity index (χ2n) is 5.03. The highest BCUT2D eigenvalue weighted by molar-refractivity contribution is 5.35. The second-order valence-corrected chi connectivity index (χ2v) is 5.03. The first kappa shape index (κ1) is 15.3. The molecule has 2 rings (SSSR count). The molecule has 0 amide bonds. The number of hydrogen-bond donors (Lipinski definition) is 2. The summed E-state index contributed by atoms with van der Waals surface area (Å²) in [4.78, 5) is 12.0. The molecule has 1 aromatic heterocycles. The molecule has 0 aliphatic heterocycles. The molecule has 0 saturated carbocycles. The van der Waals surface area contributed by atoms with Crippen LogP contribution in [0.1, 0.15) is 31.0 Å². The fourth-order valence-electron chi connectivity index (χ4n) is 2.15. The van der Waals surface area contributed by atoms with Crippen molar-refractivity contribution in [3.63, 3.8) is 0 Å². The summed E-state index contributed by atoms with van der Waals surface area (Å²) in [5.41, 5.74) is 2.07. The van der Waals surface area contributed by atoms with Crippen molar-refractivity contribution in [3.8, 4) is 11.4 Å². The summed E-state index contributed by atoms with van der Waals surface area (Å²) in [6.07, 6.45) is 3.36.